The number of amides is 1. The molecule has 2 fully saturated rings. The molecule has 3 rings (SSSR count). The van der Waals surface area contributed by atoms with Gasteiger partial charge in [0.1, 0.15) is 0 Å². The first-order chi connectivity index (χ1) is 12.2. The molecule has 1 aromatic carbocycles. The van der Waals surface area contributed by atoms with E-state index in [1.54, 1.807) is 0 Å². The number of halogens is 1. The minimum Gasteiger partial charge on any atom is -0.360 e. The fourth-order valence-corrected chi connectivity index (χ4v) is 3.58. The van der Waals surface area contributed by atoms with Gasteiger partial charge in [0, 0.05) is 45.5 Å². The van der Waals surface area contributed by atoms with E-state index in [2.05, 4.69) is 56.6 Å². The number of carbonyl (C=O) groups is 1. The first-order valence-electron chi connectivity index (χ1n) is 9.22. The summed E-state index contributed by atoms with van der Waals surface area (Å²) in [6.07, 6.45) is 2.55. The molecule has 0 aromatic heterocycles. The third-order valence-corrected chi connectivity index (χ3v) is 4.96. The molecule has 2 heterocycles. The highest BCUT2D eigenvalue weighted by molar-refractivity contribution is 14.0. The fourth-order valence-electron chi connectivity index (χ4n) is 3.58. The summed E-state index contributed by atoms with van der Waals surface area (Å²) >= 11 is 0. The van der Waals surface area contributed by atoms with E-state index in [0.29, 0.717) is 13.1 Å². The Kier molecular flexibility index (Phi) is 7.99. The van der Waals surface area contributed by atoms with Gasteiger partial charge in [-0.15, -0.1) is 24.0 Å². The molecule has 0 spiro atoms. The first kappa shape index (κ1) is 20.8. The third kappa shape index (κ3) is 5.49. The maximum Gasteiger partial charge on any atom is 0.239 e. The molecule has 2 N–H and O–H groups in total. The molecule has 7 heteroatoms. The van der Waals surface area contributed by atoms with Gasteiger partial charge in [-0.25, -0.2) is 0 Å². The molecule has 0 bridgehead atoms. The van der Waals surface area contributed by atoms with Crippen molar-refractivity contribution in [1.82, 2.24) is 15.5 Å². The average Bonchev–Trinajstić information content (AvgIpc) is 2.63. The Hall–Kier alpha value is -1.51. The number of hydrogen-bond donors (Lipinski definition) is 2. The molecule has 2 aliphatic rings. The molecule has 6 nitrogen and oxygen atoms in total. The van der Waals surface area contributed by atoms with Crippen molar-refractivity contribution in [3.63, 3.8) is 0 Å². The van der Waals surface area contributed by atoms with Crippen LogP contribution in [0.2, 0.25) is 0 Å². The van der Waals surface area contributed by atoms with Gasteiger partial charge in [0.25, 0.3) is 0 Å². The predicted octanol–water partition coefficient (Wildman–Crippen LogP) is 2.05. The van der Waals surface area contributed by atoms with Crippen LogP contribution in [-0.2, 0) is 11.3 Å². The van der Waals surface area contributed by atoms with E-state index >= 15 is 0 Å². The standard InChI is InChI=1S/C19H29N5O.HI/c1-15-4-3-10-24(13-15)19(20-2)22-12-16-5-7-17(8-6-16)23-11-9-21-18(25)14-23;/h5-8,15H,3-4,9-14H2,1-2H3,(H,20,22)(H,21,25);1H. The maximum absolute atomic E-state index is 11.5. The summed E-state index contributed by atoms with van der Waals surface area (Å²) in [7, 11) is 1.85. The predicted molar refractivity (Wildman–Crippen MR) is 117 cm³/mol. The van der Waals surface area contributed by atoms with Crippen LogP contribution in [0.3, 0.4) is 0 Å². The van der Waals surface area contributed by atoms with Crippen molar-refractivity contribution in [2.75, 3.05) is 44.7 Å². The number of piperazine rings is 1. The van der Waals surface area contributed by atoms with Crippen molar-refractivity contribution in [2.45, 2.75) is 26.3 Å². The second kappa shape index (κ2) is 9.99. The first-order valence-corrected chi connectivity index (χ1v) is 9.22. The van der Waals surface area contributed by atoms with E-state index < -0.39 is 0 Å². The molecule has 1 aromatic rings. The largest absolute Gasteiger partial charge is 0.360 e. The zero-order valence-corrected chi connectivity index (χ0v) is 18.0. The monoisotopic (exact) mass is 471 g/mol. The van der Waals surface area contributed by atoms with Crippen LogP contribution in [0.5, 0.6) is 0 Å². The average molecular weight is 471 g/mol. The summed E-state index contributed by atoms with van der Waals surface area (Å²) in [6.45, 7) is 7.25. The third-order valence-electron chi connectivity index (χ3n) is 4.96. The number of aliphatic imine (C=N–C) groups is 1. The van der Waals surface area contributed by atoms with Gasteiger partial charge in [-0.1, -0.05) is 19.1 Å². The molecule has 144 valence electrons. The van der Waals surface area contributed by atoms with Gasteiger partial charge >= 0.3 is 0 Å². The molecule has 1 amide bonds. The Bertz CT molecular complexity index is 619. The number of benzene rings is 1. The maximum atomic E-state index is 11.5. The Morgan fingerprint density at radius 2 is 2.08 bits per heavy atom. The number of hydrogen-bond acceptors (Lipinski definition) is 3. The molecule has 0 radical (unpaired) electrons. The van der Waals surface area contributed by atoms with E-state index in [1.807, 2.05) is 7.05 Å². The second-order valence-corrected chi connectivity index (χ2v) is 7.03. The van der Waals surface area contributed by atoms with Crippen LogP contribution in [0, 0.1) is 5.92 Å². The Balaban J connectivity index is 0.00000243. The van der Waals surface area contributed by atoms with Crippen molar-refractivity contribution in [3.05, 3.63) is 29.8 Å². The van der Waals surface area contributed by atoms with Gasteiger partial charge in [-0.3, -0.25) is 9.79 Å². The van der Waals surface area contributed by atoms with Gasteiger partial charge < -0.3 is 20.4 Å². The highest BCUT2D eigenvalue weighted by Gasteiger charge is 2.19. The Labute approximate surface area is 173 Å². The minimum atomic E-state index is 0. The zero-order chi connectivity index (χ0) is 17.6. The highest BCUT2D eigenvalue weighted by atomic mass is 127. The van der Waals surface area contributed by atoms with Crippen molar-refractivity contribution in [3.8, 4) is 0 Å². The van der Waals surface area contributed by atoms with Crippen LogP contribution in [0.4, 0.5) is 5.69 Å². The quantitative estimate of drug-likeness (QED) is 0.403. The topological polar surface area (TPSA) is 60.0 Å². The van der Waals surface area contributed by atoms with Crippen molar-refractivity contribution >= 4 is 41.5 Å². The number of nitrogens with one attached hydrogen (secondary N) is 2. The molecule has 1 unspecified atom stereocenters. The molecule has 2 saturated heterocycles. The van der Waals surface area contributed by atoms with Crippen LogP contribution in [0.25, 0.3) is 0 Å². The highest BCUT2D eigenvalue weighted by Crippen LogP contribution is 2.17. The Morgan fingerprint density at radius 1 is 1.31 bits per heavy atom. The van der Waals surface area contributed by atoms with Crippen molar-refractivity contribution in [1.29, 1.82) is 0 Å². The smallest absolute Gasteiger partial charge is 0.239 e. The van der Waals surface area contributed by atoms with E-state index in [9.17, 15) is 4.79 Å². The second-order valence-electron chi connectivity index (χ2n) is 7.03. The molecule has 26 heavy (non-hydrogen) atoms. The van der Waals surface area contributed by atoms with Gasteiger partial charge in [0.15, 0.2) is 5.96 Å². The van der Waals surface area contributed by atoms with Gasteiger partial charge in [0.05, 0.1) is 6.54 Å². The molecule has 0 saturated carbocycles. The summed E-state index contributed by atoms with van der Waals surface area (Å²) in [6, 6.07) is 8.45. The molecule has 2 aliphatic heterocycles. The van der Waals surface area contributed by atoms with Gasteiger partial charge in [-0.2, -0.15) is 0 Å². The lowest BCUT2D eigenvalue weighted by Crippen LogP contribution is -2.47. The number of likely N-dealkylation sites (tertiary alicyclic amines) is 1. The number of piperidine rings is 1. The normalized spacial score (nSPS) is 21.1. The van der Waals surface area contributed by atoms with Crippen molar-refractivity contribution in [2.24, 2.45) is 10.9 Å². The van der Waals surface area contributed by atoms with E-state index in [-0.39, 0.29) is 29.9 Å². The van der Waals surface area contributed by atoms with Gasteiger partial charge in [0.2, 0.25) is 5.91 Å². The van der Waals surface area contributed by atoms with E-state index in [0.717, 1.165) is 43.7 Å². The van der Waals surface area contributed by atoms with Crippen LogP contribution in [0.1, 0.15) is 25.3 Å². The zero-order valence-electron chi connectivity index (χ0n) is 15.7. The fraction of sp³-hybridized carbons (Fsp3) is 0.579. The summed E-state index contributed by atoms with van der Waals surface area (Å²) < 4.78 is 0. The lowest BCUT2D eigenvalue weighted by atomic mass is 10.0. The van der Waals surface area contributed by atoms with Gasteiger partial charge in [-0.05, 0) is 36.5 Å². The van der Waals surface area contributed by atoms with Crippen molar-refractivity contribution < 1.29 is 4.79 Å². The lowest BCUT2D eigenvalue weighted by molar-refractivity contribution is -0.120. The number of anilines is 1. The summed E-state index contributed by atoms with van der Waals surface area (Å²) in [5.74, 6) is 1.81. The number of rotatable bonds is 3. The number of nitrogens with zero attached hydrogens (tertiary/aromatic N) is 3. The summed E-state index contributed by atoms with van der Waals surface area (Å²) in [5.41, 5.74) is 2.32. The van der Waals surface area contributed by atoms with Crippen LogP contribution < -0.4 is 15.5 Å². The summed E-state index contributed by atoms with van der Waals surface area (Å²) in [4.78, 5) is 20.4. The Morgan fingerprint density at radius 3 is 2.73 bits per heavy atom. The SMILES string of the molecule is CN=C(NCc1ccc(N2CCNC(=O)C2)cc1)N1CCCC(C)C1.I. The summed E-state index contributed by atoms with van der Waals surface area (Å²) in [5, 5.41) is 6.34. The molecular weight excluding hydrogens is 441 g/mol. The van der Waals surface area contributed by atoms with Crippen LogP contribution >= 0.6 is 24.0 Å². The van der Waals surface area contributed by atoms with Crippen LogP contribution in [0.15, 0.2) is 29.3 Å². The van der Waals surface area contributed by atoms with E-state index in [4.69, 9.17) is 0 Å². The van der Waals surface area contributed by atoms with E-state index in [1.165, 1.54) is 18.4 Å². The number of guanidine groups is 1. The minimum absolute atomic E-state index is 0. The van der Waals surface area contributed by atoms with Crippen LogP contribution in [-0.4, -0.2) is 56.5 Å². The molecular formula is C19H30IN5O. The lowest BCUT2D eigenvalue weighted by Gasteiger charge is -2.33. The molecule has 1 atom stereocenters. The number of carbonyl (C=O) groups excluding carboxylic acids is 1. The molecule has 0 aliphatic carbocycles.